The van der Waals surface area contributed by atoms with E-state index in [2.05, 4.69) is 70.8 Å². The lowest BCUT2D eigenvalue weighted by atomic mass is 9.94. The summed E-state index contributed by atoms with van der Waals surface area (Å²) in [5.74, 6) is -0.451. The van der Waals surface area contributed by atoms with E-state index in [1.807, 2.05) is 34.6 Å². The zero-order valence-electron chi connectivity index (χ0n) is 30.2. The van der Waals surface area contributed by atoms with E-state index in [9.17, 15) is 14.4 Å². The van der Waals surface area contributed by atoms with Crippen LogP contribution in [0.3, 0.4) is 0 Å². The molecule has 0 radical (unpaired) electrons. The maximum Gasteiger partial charge on any atom is 0.243 e. The topological polar surface area (TPSA) is 108 Å². The average Bonchev–Trinajstić information content (AvgIpc) is 3.35. The van der Waals surface area contributed by atoms with E-state index in [0.29, 0.717) is 18.4 Å². The molecule has 1 rings (SSSR count). The van der Waals surface area contributed by atoms with Crippen LogP contribution in [0.4, 0.5) is 0 Å². The molecule has 0 spiro atoms. The highest BCUT2D eigenvalue weighted by molar-refractivity contribution is 5.89. The highest BCUT2D eigenvalue weighted by Gasteiger charge is 2.38. The van der Waals surface area contributed by atoms with Gasteiger partial charge in [0.25, 0.3) is 0 Å². The van der Waals surface area contributed by atoms with Gasteiger partial charge in [0.05, 0.1) is 13.2 Å². The molecule has 0 aromatic heterocycles. The average molecular weight is 594 g/mol. The Labute approximate surface area is 257 Å². The number of nitrogens with one attached hydrogen (secondary N) is 2. The van der Waals surface area contributed by atoms with Crippen molar-refractivity contribution >= 4 is 18.2 Å². The van der Waals surface area contributed by atoms with E-state index >= 15 is 0 Å². The first-order valence-corrected chi connectivity index (χ1v) is 16.2. The molecule has 0 aromatic rings. The molecule has 8 nitrogen and oxygen atoms in total. The van der Waals surface area contributed by atoms with Gasteiger partial charge in [0.1, 0.15) is 6.04 Å². The summed E-state index contributed by atoms with van der Waals surface area (Å²) in [7, 11) is 3.25. The Hall–Kier alpha value is -1.67. The number of rotatable bonds is 10. The second-order valence-corrected chi connectivity index (χ2v) is 10.4. The molecule has 2 atom stereocenters. The van der Waals surface area contributed by atoms with Crippen LogP contribution >= 0.6 is 0 Å². The van der Waals surface area contributed by atoms with Crippen molar-refractivity contribution in [2.24, 2.45) is 11.3 Å². The van der Waals surface area contributed by atoms with E-state index in [4.69, 9.17) is 5.11 Å². The van der Waals surface area contributed by atoms with Crippen LogP contribution in [0.2, 0.25) is 0 Å². The fraction of sp³-hybridized carbons (Fsp3) is 0.909. The Morgan fingerprint density at radius 1 is 0.951 bits per heavy atom. The highest BCUT2D eigenvalue weighted by atomic mass is 16.4. The van der Waals surface area contributed by atoms with Crippen LogP contribution < -0.4 is 10.6 Å². The maximum absolute atomic E-state index is 11.9. The molecule has 1 aliphatic rings. The van der Waals surface area contributed by atoms with Gasteiger partial charge in [0.15, 0.2) is 0 Å². The predicted molar refractivity (Wildman–Crippen MR) is 179 cm³/mol. The van der Waals surface area contributed by atoms with Crippen LogP contribution in [0.15, 0.2) is 0 Å². The van der Waals surface area contributed by atoms with Crippen LogP contribution in [0, 0.1) is 11.3 Å². The van der Waals surface area contributed by atoms with Crippen LogP contribution in [-0.2, 0) is 19.1 Å². The number of aliphatic hydroxyl groups excluding tert-OH is 1. The molecular weight excluding hydrogens is 518 g/mol. The van der Waals surface area contributed by atoms with Gasteiger partial charge in [-0.3, -0.25) is 14.4 Å². The third kappa shape index (κ3) is 42.9. The molecular formula is C33H75N3O5. The van der Waals surface area contributed by atoms with Crippen LogP contribution in [0.5, 0.6) is 0 Å². The van der Waals surface area contributed by atoms with Crippen molar-refractivity contribution in [3.63, 3.8) is 0 Å². The van der Waals surface area contributed by atoms with Gasteiger partial charge < -0.3 is 25.4 Å². The molecule has 1 aliphatic heterocycles. The summed E-state index contributed by atoms with van der Waals surface area (Å²) in [4.78, 5) is 35.3. The van der Waals surface area contributed by atoms with E-state index in [0.717, 1.165) is 6.42 Å². The molecule has 3 N–H and O–H groups in total. The van der Waals surface area contributed by atoms with Crippen molar-refractivity contribution in [3.05, 3.63) is 0 Å². The molecule has 8 heteroatoms. The lowest BCUT2D eigenvalue weighted by Crippen LogP contribution is -2.50. The first-order chi connectivity index (χ1) is 19.4. The molecule has 0 saturated carbocycles. The molecule has 0 aliphatic carbocycles. The zero-order valence-corrected chi connectivity index (χ0v) is 30.2. The van der Waals surface area contributed by atoms with Crippen molar-refractivity contribution in [3.8, 4) is 0 Å². The minimum absolute atomic E-state index is 0.0730. The van der Waals surface area contributed by atoms with Gasteiger partial charge in [-0.25, -0.2) is 0 Å². The molecule has 2 unspecified atom stereocenters. The summed E-state index contributed by atoms with van der Waals surface area (Å²) >= 11 is 0. The minimum atomic E-state index is -0.516. The SMILES string of the molecule is CC.CC.CC1CCN(C(=O)CNC=O)C1C(=O)NCCO.CCC.CCC(C)(C)C.CCCCCCC.COC. The quantitative estimate of drug-likeness (QED) is 0.183. The first-order valence-electron chi connectivity index (χ1n) is 16.2. The lowest BCUT2D eigenvalue weighted by molar-refractivity contribution is -0.139. The molecule has 1 heterocycles. The van der Waals surface area contributed by atoms with Gasteiger partial charge in [-0.05, 0) is 17.8 Å². The molecule has 1 saturated heterocycles. The molecule has 0 bridgehead atoms. The number of likely N-dealkylation sites (tertiary alicyclic amines) is 1. The summed E-state index contributed by atoms with van der Waals surface area (Å²) in [5, 5.41) is 13.5. The van der Waals surface area contributed by atoms with Gasteiger partial charge in [0.2, 0.25) is 18.2 Å². The Morgan fingerprint density at radius 3 is 1.68 bits per heavy atom. The molecule has 1 fully saturated rings. The second-order valence-electron chi connectivity index (χ2n) is 10.4. The lowest BCUT2D eigenvalue weighted by Gasteiger charge is -2.25. The minimum Gasteiger partial charge on any atom is -0.395 e. The second kappa shape index (κ2) is 42.8. The molecule has 0 aromatic carbocycles. The predicted octanol–water partition coefficient (Wildman–Crippen LogP) is 7.23. The number of amides is 3. The van der Waals surface area contributed by atoms with Gasteiger partial charge in [-0.15, -0.1) is 0 Å². The Morgan fingerprint density at radius 2 is 1.37 bits per heavy atom. The highest BCUT2D eigenvalue weighted by Crippen LogP contribution is 2.24. The van der Waals surface area contributed by atoms with Crippen molar-refractivity contribution in [1.82, 2.24) is 15.5 Å². The Balaban J connectivity index is -0.000000110. The third-order valence-corrected chi connectivity index (χ3v) is 5.30. The van der Waals surface area contributed by atoms with Gasteiger partial charge in [-0.1, -0.05) is 135 Å². The summed E-state index contributed by atoms with van der Waals surface area (Å²) in [5.41, 5.74) is 0.542. The van der Waals surface area contributed by atoms with Crippen molar-refractivity contribution in [1.29, 1.82) is 0 Å². The largest absolute Gasteiger partial charge is 0.395 e. The fourth-order valence-corrected chi connectivity index (χ4v) is 2.82. The third-order valence-electron chi connectivity index (χ3n) is 5.30. The number of carbonyl (C=O) groups is 3. The zero-order chi connectivity index (χ0) is 33.7. The number of carbonyl (C=O) groups excluding carboxylic acids is 3. The monoisotopic (exact) mass is 594 g/mol. The number of aliphatic hydroxyl groups is 1. The Bertz CT molecular complexity index is 506. The van der Waals surface area contributed by atoms with Crippen molar-refractivity contribution in [2.45, 2.75) is 147 Å². The van der Waals surface area contributed by atoms with Gasteiger partial charge in [0, 0.05) is 27.3 Å². The fourth-order valence-electron chi connectivity index (χ4n) is 2.82. The van der Waals surface area contributed by atoms with E-state index in [1.165, 1.54) is 49.8 Å². The van der Waals surface area contributed by atoms with Gasteiger partial charge >= 0.3 is 0 Å². The molecule has 252 valence electrons. The normalized spacial score (nSPS) is 14.5. The van der Waals surface area contributed by atoms with Gasteiger partial charge in [-0.2, -0.15) is 0 Å². The smallest absolute Gasteiger partial charge is 0.243 e. The van der Waals surface area contributed by atoms with Crippen LogP contribution in [-0.4, -0.2) is 74.7 Å². The van der Waals surface area contributed by atoms with Crippen LogP contribution in [0.1, 0.15) is 141 Å². The molecule has 41 heavy (non-hydrogen) atoms. The van der Waals surface area contributed by atoms with E-state index in [-0.39, 0.29) is 37.4 Å². The van der Waals surface area contributed by atoms with Crippen molar-refractivity contribution < 1.29 is 24.2 Å². The summed E-state index contributed by atoms with van der Waals surface area (Å²) in [6, 6.07) is -0.516. The number of hydrogen-bond acceptors (Lipinski definition) is 5. The number of hydrogen-bond donors (Lipinski definition) is 3. The number of methoxy groups -OCH3 is 1. The number of nitrogens with zero attached hydrogens (tertiary/aromatic N) is 1. The van der Waals surface area contributed by atoms with Crippen molar-refractivity contribution in [2.75, 3.05) is 40.5 Å². The maximum atomic E-state index is 11.9. The summed E-state index contributed by atoms with van der Waals surface area (Å²) in [6.07, 6.45) is 10.7. The van der Waals surface area contributed by atoms with E-state index < -0.39 is 6.04 Å². The standard InChI is InChI=1S/C11H19N3O4.C7H16.C6H14.C3H8.C2H6O.2C2H6/c1-8-2-4-14(9(17)6-12-7-16)10(8)11(18)13-3-5-15;1-3-5-7-6-4-2;1-5-6(2,3)4;2*1-3-2;2*1-2/h7-8,10,15H,2-6H2,1H3,(H,12,16)(H,13,18);3-7H2,1-2H3;5H2,1-4H3;3H2,1-2H3;1-2H3;2*1-2H3. The van der Waals surface area contributed by atoms with E-state index in [1.54, 1.807) is 14.2 Å². The Kier molecular flexibility index (Phi) is 54.3. The molecule has 3 amide bonds. The number of unbranched alkanes of at least 4 members (excludes halogenated alkanes) is 4. The summed E-state index contributed by atoms with van der Waals surface area (Å²) < 4.78 is 4.25. The first kappa shape index (κ1) is 52.0. The van der Waals surface area contributed by atoms with Crippen LogP contribution in [0.25, 0.3) is 0 Å². The summed E-state index contributed by atoms with van der Waals surface area (Å²) in [6.45, 7) is 28.0. The number of ether oxygens (including phenoxy) is 1.